The summed E-state index contributed by atoms with van der Waals surface area (Å²) >= 11 is 5.28. The number of hydrogen-bond acceptors (Lipinski definition) is 2. The van der Waals surface area contributed by atoms with Gasteiger partial charge in [0.15, 0.2) is 0 Å². The molecule has 0 aromatic heterocycles. The lowest BCUT2D eigenvalue weighted by Crippen LogP contribution is -2.03. The normalized spacial score (nSPS) is 12.6. The van der Waals surface area contributed by atoms with Crippen molar-refractivity contribution in [1.29, 1.82) is 0 Å². The van der Waals surface area contributed by atoms with Gasteiger partial charge in [0.25, 0.3) is 0 Å². The molecule has 0 aliphatic heterocycles. The molecule has 0 spiro atoms. The molecule has 3 nitrogen and oxygen atoms in total. The van der Waals surface area contributed by atoms with Crippen molar-refractivity contribution in [2.75, 3.05) is 0 Å². The number of carbonyl (C=O) groups excluding carboxylic acids is 1. The first-order chi connectivity index (χ1) is 4.16. The highest BCUT2D eigenvalue weighted by atomic mass is 35.5. The lowest BCUT2D eigenvalue weighted by molar-refractivity contribution is -0.137. The molecule has 0 heterocycles. The van der Waals surface area contributed by atoms with E-state index in [2.05, 4.69) is 0 Å². The predicted octanol–water partition coefficient (Wildman–Crippen LogP) is 0.657. The molecule has 1 atom stereocenters. The molecule has 0 amide bonds. The highest BCUT2D eigenvalue weighted by Crippen LogP contribution is 2.00. The number of carboxylic acids is 1. The fourth-order valence-corrected chi connectivity index (χ4v) is 0.439. The van der Waals surface area contributed by atoms with Gasteiger partial charge in [0.05, 0.1) is 5.38 Å². The molecule has 0 aliphatic rings. The molecule has 1 unspecified atom stereocenters. The van der Waals surface area contributed by atoms with Crippen molar-refractivity contribution < 1.29 is 14.7 Å². The van der Waals surface area contributed by atoms with Gasteiger partial charge in [0.2, 0.25) is 0 Å². The van der Waals surface area contributed by atoms with E-state index in [1.54, 1.807) is 0 Å². The van der Waals surface area contributed by atoms with E-state index in [0.29, 0.717) is 6.29 Å². The molecule has 4 heteroatoms. The molecule has 0 aliphatic carbocycles. The van der Waals surface area contributed by atoms with Gasteiger partial charge in [-0.3, -0.25) is 4.79 Å². The number of aliphatic carboxylic acids is 1. The molecule has 0 saturated carbocycles. The van der Waals surface area contributed by atoms with Crippen LogP contribution in [0.3, 0.4) is 0 Å². The lowest BCUT2D eigenvalue weighted by atomic mass is 10.2. The van der Waals surface area contributed by atoms with Crippen molar-refractivity contribution in [2.24, 2.45) is 0 Å². The van der Waals surface area contributed by atoms with Gasteiger partial charge in [-0.2, -0.15) is 0 Å². The molecule has 9 heavy (non-hydrogen) atoms. The molecule has 0 bridgehead atoms. The van der Waals surface area contributed by atoms with E-state index in [-0.39, 0.29) is 12.8 Å². The van der Waals surface area contributed by atoms with Crippen molar-refractivity contribution >= 4 is 23.9 Å². The largest absolute Gasteiger partial charge is 0.481 e. The summed E-state index contributed by atoms with van der Waals surface area (Å²) in [5.74, 6) is -0.928. The van der Waals surface area contributed by atoms with Crippen molar-refractivity contribution in [2.45, 2.75) is 18.2 Å². The molecule has 0 saturated heterocycles. The summed E-state index contributed by atoms with van der Waals surface area (Å²) in [7, 11) is 0. The molecule has 52 valence electrons. The Bertz CT molecular complexity index is 113. The maximum atomic E-state index is 9.85. The third kappa shape index (κ3) is 5.30. The lowest BCUT2D eigenvalue weighted by Gasteiger charge is -1.94. The van der Waals surface area contributed by atoms with Gasteiger partial charge in [-0.05, 0) is 6.42 Å². The number of carboxylic acid groups (broad SMARTS) is 1. The van der Waals surface area contributed by atoms with Gasteiger partial charge in [-0.15, -0.1) is 11.6 Å². The van der Waals surface area contributed by atoms with Gasteiger partial charge in [-0.1, -0.05) is 0 Å². The number of hydrogen-bond donors (Lipinski definition) is 1. The first kappa shape index (κ1) is 8.43. The monoisotopic (exact) mass is 150 g/mol. The third-order valence-corrected chi connectivity index (χ3v) is 1.10. The van der Waals surface area contributed by atoms with Gasteiger partial charge >= 0.3 is 5.97 Å². The minimum Gasteiger partial charge on any atom is -0.481 e. The van der Waals surface area contributed by atoms with Crippen LogP contribution in [0.5, 0.6) is 0 Å². The summed E-state index contributed by atoms with van der Waals surface area (Å²) < 4.78 is 0. The Labute approximate surface area is 57.6 Å². The van der Waals surface area contributed by atoms with Crippen LogP contribution in [0.2, 0.25) is 0 Å². The molecule has 0 rings (SSSR count). The topological polar surface area (TPSA) is 54.4 Å². The van der Waals surface area contributed by atoms with Crippen LogP contribution in [0.1, 0.15) is 12.8 Å². The first-order valence-corrected chi connectivity index (χ1v) is 2.91. The molecule has 1 N–H and O–H groups in total. The Balaban J connectivity index is 3.26. The average molecular weight is 151 g/mol. The average Bonchev–Trinajstić information content (AvgIpc) is 1.83. The number of carbonyl (C=O) groups is 2. The highest BCUT2D eigenvalue weighted by molar-refractivity contribution is 6.27. The third-order valence-electron chi connectivity index (χ3n) is 0.782. The Morgan fingerprint density at radius 2 is 2.33 bits per heavy atom. The van der Waals surface area contributed by atoms with E-state index in [1.807, 2.05) is 0 Å². The summed E-state index contributed by atoms with van der Waals surface area (Å²) in [6.45, 7) is 0. The van der Waals surface area contributed by atoms with Crippen LogP contribution >= 0.6 is 11.6 Å². The Hall–Kier alpha value is -0.570. The molecule has 0 aromatic rings. The Morgan fingerprint density at radius 3 is 2.67 bits per heavy atom. The van der Waals surface area contributed by atoms with Crippen LogP contribution in [-0.2, 0) is 9.59 Å². The van der Waals surface area contributed by atoms with Gasteiger partial charge in [0, 0.05) is 6.42 Å². The molecule has 0 aromatic carbocycles. The van der Waals surface area contributed by atoms with E-state index >= 15 is 0 Å². The smallest absolute Gasteiger partial charge is 0.303 e. The minimum atomic E-state index is -0.928. The fourth-order valence-electron chi connectivity index (χ4n) is 0.329. The predicted molar refractivity (Wildman–Crippen MR) is 32.6 cm³/mol. The maximum Gasteiger partial charge on any atom is 0.303 e. The summed E-state index contributed by atoms with van der Waals surface area (Å²) in [5.41, 5.74) is 0. The zero-order chi connectivity index (χ0) is 7.28. The van der Waals surface area contributed by atoms with Crippen molar-refractivity contribution in [3.63, 3.8) is 0 Å². The van der Waals surface area contributed by atoms with E-state index < -0.39 is 11.3 Å². The zero-order valence-corrected chi connectivity index (χ0v) is 5.47. The highest BCUT2D eigenvalue weighted by Gasteiger charge is 2.04. The molecule has 0 radical (unpaired) electrons. The van der Waals surface area contributed by atoms with Crippen LogP contribution in [-0.4, -0.2) is 22.7 Å². The van der Waals surface area contributed by atoms with E-state index in [0.717, 1.165) is 0 Å². The number of alkyl halides is 1. The van der Waals surface area contributed by atoms with Crippen LogP contribution < -0.4 is 0 Å². The Kier molecular flexibility index (Phi) is 4.05. The van der Waals surface area contributed by atoms with Crippen LogP contribution in [0.15, 0.2) is 0 Å². The van der Waals surface area contributed by atoms with E-state index in [4.69, 9.17) is 16.7 Å². The van der Waals surface area contributed by atoms with Crippen molar-refractivity contribution in [1.82, 2.24) is 0 Å². The van der Waals surface area contributed by atoms with Gasteiger partial charge < -0.3 is 9.90 Å². The molecule has 0 fully saturated rings. The maximum absolute atomic E-state index is 9.85. The van der Waals surface area contributed by atoms with Gasteiger partial charge in [-0.25, -0.2) is 0 Å². The summed E-state index contributed by atoms with van der Waals surface area (Å²) in [5, 5.41) is 7.43. The first-order valence-electron chi connectivity index (χ1n) is 2.48. The second-order valence-corrected chi connectivity index (χ2v) is 2.15. The summed E-state index contributed by atoms with van der Waals surface area (Å²) in [6.07, 6.45) is 0.692. The summed E-state index contributed by atoms with van der Waals surface area (Å²) in [4.78, 5) is 19.6. The van der Waals surface area contributed by atoms with Crippen LogP contribution in [0.4, 0.5) is 0 Å². The van der Waals surface area contributed by atoms with Crippen molar-refractivity contribution in [3.8, 4) is 0 Å². The standard InChI is InChI=1S/C5H7ClO3/c6-4(3-7)1-2-5(8)9/h3-4H,1-2H2,(H,8,9). The van der Waals surface area contributed by atoms with E-state index in [1.165, 1.54) is 0 Å². The minimum absolute atomic E-state index is 0.0487. The number of rotatable bonds is 4. The van der Waals surface area contributed by atoms with Crippen LogP contribution in [0.25, 0.3) is 0 Å². The fraction of sp³-hybridized carbons (Fsp3) is 0.600. The quantitative estimate of drug-likeness (QED) is 0.473. The van der Waals surface area contributed by atoms with E-state index in [9.17, 15) is 9.59 Å². The Morgan fingerprint density at radius 1 is 1.78 bits per heavy atom. The zero-order valence-electron chi connectivity index (χ0n) is 4.71. The summed E-state index contributed by atoms with van der Waals surface area (Å²) in [6, 6.07) is 0. The molecular formula is C5H7ClO3. The number of halogens is 1. The molecular weight excluding hydrogens is 144 g/mol. The van der Waals surface area contributed by atoms with Gasteiger partial charge in [0.1, 0.15) is 6.29 Å². The number of aldehydes is 1. The second-order valence-electron chi connectivity index (χ2n) is 1.58. The second kappa shape index (κ2) is 4.32. The van der Waals surface area contributed by atoms with Crippen LogP contribution in [0, 0.1) is 0 Å². The SMILES string of the molecule is O=CC(Cl)CCC(=O)O. The van der Waals surface area contributed by atoms with Crippen molar-refractivity contribution in [3.05, 3.63) is 0 Å².